The molecule has 1 aromatic heterocycles. The van der Waals surface area contributed by atoms with Gasteiger partial charge in [0.15, 0.2) is 17.3 Å². The molecule has 180 valence electrons. The van der Waals surface area contributed by atoms with Gasteiger partial charge in [0.05, 0.1) is 13.7 Å². The van der Waals surface area contributed by atoms with Crippen molar-refractivity contribution in [2.75, 3.05) is 70.8 Å². The third-order valence-electron chi connectivity index (χ3n) is 6.12. The number of methoxy groups -OCH3 is 2. The molecule has 3 N–H and O–H groups in total. The van der Waals surface area contributed by atoms with Crippen molar-refractivity contribution in [1.82, 2.24) is 20.2 Å². The van der Waals surface area contributed by atoms with E-state index < -0.39 is 5.82 Å². The topological polar surface area (TPSA) is 115 Å². The van der Waals surface area contributed by atoms with Crippen molar-refractivity contribution in [2.24, 2.45) is 0 Å². The van der Waals surface area contributed by atoms with Gasteiger partial charge in [-0.15, -0.1) is 0 Å². The fourth-order valence-corrected chi connectivity index (χ4v) is 4.28. The summed E-state index contributed by atoms with van der Waals surface area (Å²) in [6.45, 7) is 3.65. The van der Waals surface area contributed by atoms with Crippen molar-refractivity contribution in [3.05, 3.63) is 11.9 Å². The molecule has 2 aliphatic rings. The summed E-state index contributed by atoms with van der Waals surface area (Å²) in [6, 6.07) is 1.85. The number of carbonyl (C=O) groups excluding carboxylic acids is 1. The maximum absolute atomic E-state index is 15.4. The number of benzene rings is 1. The van der Waals surface area contributed by atoms with Crippen molar-refractivity contribution in [3.63, 3.8) is 0 Å². The Balaban J connectivity index is 1.51. The van der Waals surface area contributed by atoms with Crippen molar-refractivity contribution in [2.45, 2.75) is 25.3 Å². The molecule has 1 aromatic carbocycles. The zero-order valence-corrected chi connectivity index (χ0v) is 19.1. The maximum Gasteiger partial charge on any atom is 0.228 e. The van der Waals surface area contributed by atoms with Gasteiger partial charge in [0.25, 0.3) is 0 Å². The van der Waals surface area contributed by atoms with E-state index in [0.717, 1.165) is 19.4 Å². The molecule has 0 saturated carbocycles. The minimum atomic E-state index is -0.659. The van der Waals surface area contributed by atoms with E-state index in [1.165, 1.54) is 14.2 Å². The molecule has 2 aromatic rings. The van der Waals surface area contributed by atoms with Crippen LogP contribution in [0.2, 0.25) is 0 Å². The second kappa shape index (κ2) is 10.3. The predicted octanol–water partition coefficient (Wildman–Crippen LogP) is 1.18. The molecule has 2 aliphatic heterocycles. The summed E-state index contributed by atoms with van der Waals surface area (Å²) in [6.07, 6.45) is 2.69. The Labute approximate surface area is 192 Å². The molecule has 3 heterocycles. The van der Waals surface area contributed by atoms with Crippen LogP contribution in [0.4, 0.5) is 16.2 Å². The largest absolute Gasteiger partial charge is 0.493 e. The zero-order valence-electron chi connectivity index (χ0n) is 19.1. The van der Waals surface area contributed by atoms with Crippen LogP contribution in [-0.4, -0.2) is 87.0 Å². The molecule has 0 aliphatic carbocycles. The van der Waals surface area contributed by atoms with E-state index in [9.17, 15) is 4.79 Å². The third-order valence-corrected chi connectivity index (χ3v) is 6.12. The molecule has 33 heavy (non-hydrogen) atoms. The minimum absolute atomic E-state index is 0.0398. The van der Waals surface area contributed by atoms with Crippen LogP contribution in [0, 0.1) is 5.82 Å². The van der Waals surface area contributed by atoms with Crippen LogP contribution in [0.25, 0.3) is 10.9 Å². The number of nitrogen functional groups attached to an aromatic ring is 1. The highest BCUT2D eigenvalue weighted by Gasteiger charge is 2.27. The molecular weight excluding hydrogens is 431 g/mol. The molecule has 10 nitrogen and oxygen atoms in total. The Kier molecular flexibility index (Phi) is 7.29. The van der Waals surface area contributed by atoms with Gasteiger partial charge >= 0.3 is 0 Å². The summed E-state index contributed by atoms with van der Waals surface area (Å²) in [4.78, 5) is 25.2. The average molecular weight is 463 g/mol. The minimum Gasteiger partial charge on any atom is -0.493 e. The van der Waals surface area contributed by atoms with Crippen LogP contribution >= 0.6 is 0 Å². The van der Waals surface area contributed by atoms with E-state index in [0.29, 0.717) is 50.5 Å². The number of carbonyl (C=O) groups is 1. The van der Waals surface area contributed by atoms with Gasteiger partial charge in [-0.05, 0) is 25.5 Å². The van der Waals surface area contributed by atoms with E-state index in [1.807, 2.05) is 9.80 Å². The van der Waals surface area contributed by atoms with Gasteiger partial charge in [0, 0.05) is 51.1 Å². The lowest BCUT2D eigenvalue weighted by molar-refractivity contribution is -0.131. The lowest BCUT2D eigenvalue weighted by Crippen LogP contribution is -2.50. The van der Waals surface area contributed by atoms with Gasteiger partial charge in [-0.2, -0.15) is 4.98 Å². The number of anilines is 2. The normalized spacial score (nSPS) is 18.7. The SMILES string of the molecule is COCCOc1c(OC)cc2c(N)nc(N3CCN(C(=O)CC4CCCN4)CC3)nc2c1F. The van der Waals surface area contributed by atoms with E-state index in [4.69, 9.17) is 19.9 Å². The van der Waals surface area contributed by atoms with Crippen molar-refractivity contribution < 1.29 is 23.4 Å². The summed E-state index contributed by atoms with van der Waals surface area (Å²) < 4.78 is 31.2. The number of hydrogen-bond acceptors (Lipinski definition) is 9. The molecule has 11 heteroatoms. The first-order valence-electron chi connectivity index (χ1n) is 11.2. The van der Waals surface area contributed by atoms with Crippen LogP contribution in [0.5, 0.6) is 11.5 Å². The molecule has 2 fully saturated rings. The standard InChI is InChI=1S/C22H31FN6O4/c1-31-10-11-33-20-16(32-2)13-15-19(18(20)23)26-22(27-21(15)24)29-8-6-28(7-9-29)17(30)12-14-4-3-5-25-14/h13-14,25H,3-12H2,1-2H3,(H2,24,26,27). The Hall–Kier alpha value is -2.92. The number of halogens is 1. The molecule has 2 saturated heterocycles. The molecule has 0 spiro atoms. The highest BCUT2D eigenvalue weighted by Crippen LogP contribution is 2.38. The number of nitrogens with zero attached hydrogens (tertiary/aromatic N) is 4. The van der Waals surface area contributed by atoms with Gasteiger partial charge in [-0.1, -0.05) is 0 Å². The van der Waals surface area contributed by atoms with E-state index >= 15 is 4.39 Å². The second-order valence-electron chi connectivity index (χ2n) is 8.23. The summed E-state index contributed by atoms with van der Waals surface area (Å²) >= 11 is 0. The van der Waals surface area contributed by atoms with Gasteiger partial charge in [0.1, 0.15) is 17.9 Å². The summed E-state index contributed by atoms with van der Waals surface area (Å²) in [5.74, 6) is 0.153. The summed E-state index contributed by atoms with van der Waals surface area (Å²) in [7, 11) is 2.97. The first-order chi connectivity index (χ1) is 16.0. The highest BCUT2D eigenvalue weighted by molar-refractivity contribution is 5.92. The number of aromatic nitrogens is 2. The quantitative estimate of drug-likeness (QED) is 0.558. The van der Waals surface area contributed by atoms with E-state index in [1.54, 1.807) is 6.07 Å². The number of fused-ring (bicyclic) bond motifs is 1. The van der Waals surface area contributed by atoms with Crippen LogP contribution in [-0.2, 0) is 9.53 Å². The van der Waals surface area contributed by atoms with Crippen molar-refractivity contribution >= 4 is 28.6 Å². The molecule has 0 bridgehead atoms. The van der Waals surface area contributed by atoms with Crippen molar-refractivity contribution in [1.29, 1.82) is 0 Å². The third kappa shape index (κ3) is 5.03. The lowest BCUT2D eigenvalue weighted by Gasteiger charge is -2.35. The highest BCUT2D eigenvalue weighted by atomic mass is 19.1. The van der Waals surface area contributed by atoms with E-state index in [2.05, 4.69) is 15.3 Å². The zero-order chi connectivity index (χ0) is 23.4. The Bertz CT molecular complexity index is 993. The fraction of sp³-hybridized carbons (Fsp3) is 0.591. The van der Waals surface area contributed by atoms with Gasteiger partial charge in [-0.3, -0.25) is 4.79 Å². The number of piperazine rings is 1. The first kappa shape index (κ1) is 23.2. The van der Waals surface area contributed by atoms with Crippen LogP contribution in [0.1, 0.15) is 19.3 Å². The van der Waals surface area contributed by atoms with E-state index in [-0.39, 0.29) is 41.4 Å². The Morgan fingerprint density at radius 3 is 2.70 bits per heavy atom. The fourth-order valence-electron chi connectivity index (χ4n) is 4.28. The smallest absolute Gasteiger partial charge is 0.228 e. The number of hydrogen-bond donors (Lipinski definition) is 2. The molecular formula is C22H31FN6O4. The predicted molar refractivity (Wildman–Crippen MR) is 122 cm³/mol. The van der Waals surface area contributed by atoms with Crippen molar-refractivity contribution in [3.8, 4) is 11.5 Å². The number of amides is 1. The van der Waals surface area contributed by atoms with Gasteiger partial charge < -0.3 is 35.1 Å². The summed E-state index contributed by atoms with van der Waals surface area (Å²) in [5.41, 5.74) is 6.23. The number of ether oxygens (including phenoxy) is 3. The maximum atomic E-state index is 15.4. The monoisotopic (exact) mass is 462 g/mol. The molecule has 1 amide bonds. The molecule has 4 rings (SSSR count). The molecule has 1 atom stereocenters. The number of nitrogens with one attached hydrogen (secondary N) is 1. The Morgan fingerprint density at radius 2 is 2.03 bits per heavy atom. The average Bonchev–Trinajstić information content (AvgIpc) is 3.34. The van der Waals surface area contributed by atoms with Crippen LogP contribution in [0.3, 0.4) is 0 Å². The summed E-state index contributed by atoms with van der Waals surface area (Å²) in [5, 5.41) is 3.72. The molecule has 0 radical (unpaired) electrons. The second-order valence-corrected chi connectivity index (χ2v) is 8.23. The number of rotatable bonds is 8. The van der Waals surface area contributed by atoms with Gasteiger partial charge in [-0.25, -0.2) is 9.37 Å². The lowest BCUT2D eigenvalue weighted by atomic mass is 10.1. The molecule has 1 unspecified atom stereocenters. The number of nitrogens with two attached hydrogens (primary N) is 1. The van der Waals surface area contributed by atoms with Crippen LogP contribution < -0.4 is 25.4 Å². The Morgan fingerprint density at radius 1 is 1.24 bits per heavy atom. The van der Waals surface area contributed by atoms with Gasteiger partial charge in [0.2, 0.25) is 11.9 Å². The first-order valence-corrected chi connectivity index (χ1v) is 11.2. The van der Waals surface area contributed by atoms with Crippen LogP contribution in [0.15, 0.2) is 6.07 Å².